The highest BCUT2D eigenvalue weighted by atomic mass is 32.2. The molecule has 28 heavy (non-hydrogen) atoms. The third-order valence-corrected chi connectivity index (χ3v) is 10.7. The van der Waals surface area contributed by atoms with Gasteiger partial charge in [0.2, 0.25) is 0 Å². The van der Waals surface area contributed by atoms with E-state index in [9.17, 15) is 14.4 Å². The maximum absolute atomic E-state index is 12.8. The molecule has 2 aliphatic carbocycles. The quantitative estimate of drug-likeness (QED) is 0.551. The normalized spacial score (nSPS) is 30.6. The van der Waals surface area contributed by atoms with E-state index in [2.05, 4.69) is 23.5 Å². The van der Waals surface area contributed by atoms with E-state index in [-0.39, 0.29) is 30.4 Å². The molecule has 4 aliphatic rings. The van der Waals surface area contributed by atoms with Gasteiger partial charge < -0.3 is 4.74 Å². The molecule has 2 aliphatic heterocycles. The first-order chi connectivity index (χ1) is 13.6. The molecule has 0 unspecified atom stereocenters. The van der Waals surface area contributed by atoms with Gasteiger partial charge in [-0.2, -0.15) is 0 Å². The summed E-state index contributed by atoms with van der Waals surface area (Å²) >= 11 is 4.22. The van der Waals surface area contributed by atoms with Crippen molar-refractivity contribution < 1.29 is 19.1 Å². The number of esters is 1. The Balaban J connectivity index is 1.24. The van der Waals surface area contributed by atoms with Gasteiger partial charge >= 0.3 is 5.97 Å². The number of imide groups is 1. The van der Waals surface area contributed by atoms with Crippen molar-refractivity contribution in [3.63, 3.8) is 0 Å². The third kappa shape index (κ3) is 2.81. The van der Waals surface area contributed by atoms with Gasteiger partial charge in [0.25, 0.3) is 11.8 Å². The van der Waals surface area contributed by atoms with Crippen molar-refractivity contribution in [2.24, 2.45) is 17.8 Å². The minimum atomic E-state index is -0.383. The van der Waals surface area contributed by atoms with Crippen LogP contribution >= 0.6 is 23.5 Å². The van der Waals surface area contributed by atoms with Crippen molar-refractivity contribution in [2.75, 3.05) is 18.2 Å². The van der Waals surface area contributed by atoms with Crippen LogP contribution in [0.3, 0.4) is 0 Å². The van der Waals surface area contributed by atoms with Crippen molar-refractivity contribution >= 4 is 41.3 Å². The van der Waals surface area contributed by atoms with Gasteiger partial charge in [0.15, 0.2) is 6.73 Å². The maximum atomic E-state index is 12.8. The van der Waals surface area contributed by atoms with Crippen LogP contribution in [0.4, 0.5) is 0 Å². The fourth-order valence-electron chi connectivity index (χ4n) is 5.40. The summed E-state index contributed by atoms with van der Waals surface area (Å²) in [4.78, 5) is 38.7. The first-order valence-corrected chi connectivity index (χ1v) is 12.0. The minimum Gasteiger partial charge on any atom is -0.443 e. The van der Waals surface area contributed by atoms with Crippen LogP contribution in [0.5, 0.6) is 0 Å². The average molecular weight is 418 g/mol. The Bertz CT molecular complexity index is 784. The number of fused-ring (bicyclic) bond motifs is 1. The van der Waals surface area contributed by atoms with Gasteiger partial charge in [-0.05, 0) is 49.7 Å². The molecular weight excluding hydrogens is 394 g/mol. The molecule has 7 heteroatoms. The lowest BCUT2D eigenvalue weighted by atomic mass is 9.67. The zero-order valence-corrected chi connectivity index (χ0v) is 17.2. The Morgan fingerprint density at radius 3 is 2.18 bits per heavy atom. The van der Waals surface area contributed by atoms with E-state index in [1.165, 1.54) is 30.8 Å². The molecular formula is C21H23NO4S2. The van der Waals surface area contributed by atoms with E-state index < -0.39 is 0 Å². The van der Waals surface area contributed by atoms with Crippen molar-refractivity contribution in [2.45, 2.75) is 36.2 Å². The monoisotopic (exact) mass is 417 g/mol. The highest BCUT2D eigenvalue weighted by Crippen LogP contribution is 2.64. The average Bonchev–Trinajstić information content (AvgIpc) is 3.25. The Labute approximate surface area is 172 Å². The Kier molecular flexibility index (Phi) is 4.70. The number of amides is 2. The minimum absolute atomic E-state index is 0.113. The van der Waals surface area contributed by atoms with Crippen LogP contribution in [-0.4, -0.2) is 45.0 Å². The summed E-state index contributed by atoms with van der Waals surface area (Å²) in [5.41, 5.74) is 0.765. The van der Waals surface area contributed by atoms with Crippen LogP contribution in [-0.2, 0) is 9.53 Å². The maximum Gasteiger partial charge on any atom is 0.310 e. The van der Waals surface area contributed by atoms with Crippen LogP contribution in [0.1, 0.15) is 52.8 Å². The number of carbonyl (C=O) groups excluding carboxylic acids is 3. The molecule has 1 spiro atoms. The topological polar surface area (TPSA) is 63.7 Å². The molecule has 148 valence electrons. The second-order valence-electron chi connectivity index (χ2n) is 8.09. The number of hydrogen-bond acceptors (Lipinski definition) is 6. The predicted octanol–water partition coefficient (Wildman–Crippen LogP) is 3.79. The van der Waals surface area contributed by atoms with Gasteiger partial charge in [0, 0.05) is 11.5 Å². The highest BCUT2D eigenvalue weighted by Gasteiger charge is 2.55. The number of nitrogens with zero attached hydrogens (tertiary/aromatic N) is 1. The Morgan fingerprint density at radius 2 is 1.61 bits per heavy atom. The summed E-state index contributed by atoms with van der Waals surface area (Å²) in [6.45, 7) is -0.286. The smallest absolute Gasteiger partial charge is 0.310 e. The molecule has 5 rings (SSSR count). The molecule has 3 fully saturated rings. The van der Waals surface area contributed by atoms with Gasteiger partial charge in [0.05, 0.1) is 21.1 Å². The van der Waals surface area contributed by atoms with Crippen LogP contribution in [0.2, 0.25) is 0 Å². The molecule has 5 nitrogen and oxygen atoms in total. The van der Waals surface area contributed by atoms with E-state index in [4.69, 9.17) is 4.74 Å². The zero-order valence-electron chi connectivity index (χ0n) is 15.6. The highest BCUT2D eigenvalue weighted by molar-refractivity contribution is 8.21. The van der Waals surface area contributed by atoms with E-state index >= 15 is 0 Å². The number of ether oxygens (including phenoxy) is 1. The summed E-state index contributed by atoms with van der Waals surface area (Å²) in [5, 5.41) is 0. The predicted molar refractivity (Wildman–Crippen MR) is 109 cm³/mol. The molecule has 0 radical (unpaired) electrons. The molecule has 2 saturated carbocycles. The zero-order chi connectivity index (χ0) is 19.3. The van der Waals surface area contributed by atoms with E-state index in [0.717, 1.165) is 17.7 Å². The second kappa shape index (κ2) is 7.10. The van der Waals surface area contributed by atoms with Crippen LogP contribution in [0.25, 0.3) is 0 Å². The Morgan fingerprint density at radius 1 is 1.04 bits per heavy atom. The van der Waals surface area contributed by atoms with Crippen LogP contribution in [0.15, 0.2) is 24.3 Å². The number of rotatable bonds is 3. The second-order valence-corrected chi connectivity index (χ2v) is 11.1. The Hall–Kier alpha value is -1.47. The van der Waals surface area contributed by atoms with Gasteiger partial charge in [-0.1, -0.05) is 18.6 Å². The molecule has 0 N–H and O–H groups in total. The summed E-state index contributed by atoms with van der Waals surface area (Å²) in [6, 6.07) is 6.73. The van der Waals surface area contributed by atoms with Gasteiger partial charge in [-0.3, -0.25) is 14.4 Å². The largest absolute Gasteiger partial charge is 0.443 e. The molecule has 2 atom stereocenters. The first-order valence-electron chi connectivity index (χ1n) is 10.00. The molecule has 0 aromatic heterocycles. The number of carbonyl (C=O) groups is 3. The van der Waals surface area contributed by atoms with Crippen molar-refractivity contribution in [1.82, 2.24) is 4.90 Å². The summed E-state index contributed by atoms with van der Waals surface area (Å²) in [7, 11) is 0. The standard InChI is InChI=1S/C21H23NO4S2/c23-18-16-6-1-2-7-17(16)19(24)22(18)12-26-20(25)13-10-14-4-3-5-15(11-13)21(14)27-8-9-28-21/h1-2,6-7,13-15H,3-5,8-12H2/t14-,15-/m1/s1. The molecule has 1 aromatic carbocycles. The number of thioether (sulfide) groups is 2. The molecule has 2 bridgehead atoms. The van der Waals surface area contributed by atoms with E-state index in [1.54, 1.807) is 24.3 Å². The summed E-state index contributed by atoms with van der Waals surface area (Å²) in [5.74, 6) is 2.43. The van der Waals surface area contributed by atoms with Gasteiger partial charge in [-0.15, -0.1) is 23.5 Å². The lowest BCUT2D eigenvalue weighted by Gasteiger charge is -2.51. The molecule has 2 amide bonds. The number of hydrogen-bond donors (Lipinski definition) is 0. The lowest BCUT2D eigenvalue weighted by Crippen LogP contribution is -2.48. The SMILES string of the molecule is O=C(OCN1C(=O)c2ccccc2C1=O)C1C[C@H]2CCC[C@H](C1)C21SCCS1. The summed E-state index contributed by atoms with van der Waals surface area (Å²) in [6.07, 6.45) is 5.39. The van der Waals surface area contributed by atoms with Gasteiger partial charge in [0.1, 0.15) is 0 Å². The van der Waals surface area contributed by atoms with Crippen molar-refractivity contribution in [3.05, 3.63) is 35.4 Å². The lowest BCUT2D eigenvalue weighted by molar-refractivity contribution is -0.154. The molecule has 1 saturated heterocycles. The number of benzene rings is 1. The molecule has 1 aromatic rings. The van der Waals surface area contributed by atoms with Crippen LogP contribution < -0.4 is 0 Å². The summed E-state index contributed by atoms with van der Waals surface area (Å²) < 4.78 is 5.80. The van der Waals surface area contributed by atoms with Gasteiger partial charge in [-0.25, -0.2) is 4.90 Å². The van der Waals surface area contributed by atoms with Crippen molar-refractivity contribution in [1.29, 1.82) is 0 Å². The van der Waals surface area contributed by atoms with Crippen LogP contribution in [0, 0.1) is 17.8 Å². The molecule has 2 heterocycles. The first kappa shape index (κ1) is 18.6. The van der Waals surface area contributed by atoms with E-state index in [0.29, 0.717) is 27.0 Å². The third-order valence-electron chi connectivity index (χ3n) is 6.67. The van der Waals surface area contributed by atoms with Crippen molar-refractivity contribution in [3.8, 4) is 0 Å². The fraction of sp³-hybridized carbons (Fsp3) is 0.571. The van der Waals surface area contributed by atoms with E-state index in [1.807, 2.05) is 0 Å². The fourth-order valence-corrected chi connectivity index (χ4v) is 9.34.